The van der Waals surface area contributed by atoms with Crippen LogP contribution in [0.1, 0.15) is 15.9 Å². The summed E-state index contributed by atoms with van der Waals surface area (Å²) in [6, 6.07) is 17.1. The van der Waals surface area contributed by atoms with Gasteiger partial charge in [-0.05, 0) is 55.1 Å². The molecule has 0 unspecified atom stereocenters. The first-order valence-corrected chi connectivity index (χ1v) is 11.8. The van der Waals surface area contributed by atoms with Crippen molar-refractivity contribution in [3.63, 3.8) is 0 Å². The zero-order chi connectivity index (χ0) is 22.5. The first kappa shape index (κ1) is 21.6. The van der Waals surface area contributed by atoms with E-state index in [1.54, 1.807) is 18.3 Å². The maximum Gasteiger partial charge on any atom is 0.260 e. The Morgan fingerprint density at radius 2 is 1.97 bits per heavy atom. The highest BCUT2D eigenvalue weighted by molar-refractivity contribution is 7.98. The molecule has 0 aliphatic rings. The number of carbonyl (C=O) groups excluding carboxylic acids is 1. The SMILES string of the molecule is [C-]#[N+]c1cc(Nc2cccc(-c3csc(NC(=O)c4cccnc4SC)n3)c2)ccc1C. The van der Waals surface area contributed by atoms with Gasteiger partial charge in [0.2, 0.25) is 0 Å². The number of nitrogens with zero attached hydrogens (tertiary/aromatic N) is 3. The molecule has 0 aliphatic heterocycles. The van der Waals surface area contributed by atoms with E-state index in [0.29, 0.717) is 21.4 Å². The number of benzene rings is 2. The Morgan fingerprint density at radius 1 is 1.12 bits per heavy atom. The number of carbonyl (C=O) groups is 1. The van der Waals surface area contributed by atoms with Gasteiger partial charge < -0.3 is 5.32 Å². The molecule has 8 heteroatoms. The van der Waals surface area contributed by atoms with E-state index in [4.69, 9.17) is 6.57 Å². The Labute approximate surface area is 194 Å². The van der Waals surface area contributed by atoms with Crippen molar-refractivity contribution in [3.8, 4) is 11.3 Å². The first-order valence-electron chi connectivity index (χ1n) is 9.69. The molecule has 0 saturated heterocycles. The van der Waals surface area contributed by atoms with E-state index in [2.05, 4.69) is 25.4 Å². The summed E-state index contributed by atoms with van der Waals surface area (Å²) in [6.07, 6.45) is 3.56. The number of hydrogen-bond acceptors (Lipinski definition) is 6. The van der Waals surface area contributed by atoms with Gasteiger partial charge in [-0.1, -0.05) is 18.2 Å². The summed E-state index contributed by atoms with van der Waals surface area (Å²) in [4.78, 5) is 25.0. The molecule has 0 bridgehead atoms. The van der Waals surface area contributed by atoms with Gasteiger partial charge >= 0.3 is 0 Å². The molecule has 0 atom stereocenters. The Kier molecular flexibility index (Phi) is 6.50. The quantitative estimate of drug-likeness (QED) is 0.247. The van der Waals surface area contributed by atoms with Crippen LogP contribution in [0.15, 0.2) is 71.2 Å². The van der Waals surface area contributed by atoms with Crippen molar-refractivity contribution >= 4 is 51.2 Å². The van der Waals surface area contributed by atoms with E-state index in [0.717, 1.165) is 28.2 Å². The van der Waals surface area contributed by atoms with Gasteiger partial charge in [-0.2, -0.15) is 0 Å². The van der Waals surface area contributed by atoms with Crippen LogP contribution in [-0.4, -0.2) is 22.1 Å². The van der Waals surface area contributed by atoms with Crippen molar-refractivity contribution in [2.24, 2.45) is 0 Å². The van der Waals surface area contributed by atoms with Gasteiger partial charge in [-0.25, -0.2) is 14.8 Å². The van der Waals surface area contributed by atoms with Crippen LogP contribution in [0.4, 0.5) is 22.2 Å². The molecule has 158 valence electrons. The van der Waals surface area contributed by atoms with Crippen LogP contribution in [0.3, 0.4) is 0 Å². The van der Waals surface area contributed by atoms with Crippen molar-refractivity contribution in [2.75, 3.05) is 16.9 Å². The lowest BCUT2D eigenvalue weighted by molar-refractivity contribution is 0.102. The number of thiazole rings is 1. The Balaban J connectivity index is 1.51. The second-order valence-corrected chi connectivity index (χ2v) is 8.52. The molecule has 4 rings (SSSR count). The molecule has 0 spiro atoms. The van der Waals surface area contributed by atoms with E-state index >= 15 is 0 Å². The molecule has 0 aliphatic carbocycles. The van der Waals surface area contributed by atoms with Gasteiger partial charge in [0.25, 0.3) is 5.91 Å². The fraction of sp³-hybridized carbons (Fsp3) is 0.0833. The number of thioether (sulfide) groups is 1. The van der Waals surface area contributed by atoms with E-state index in [-0.39, 0.29) is 5.91 Å². The van der Waals surface area contributed by atoms with Crippen LogP contribution in [0.5, 0.6) is 0 Å². The summed E-state index contributed by atoms with van der Waals surface area (Å²) in [5.74, 6) is -0.228. The largest absolute Gasteiger partial charge is 0.357 e. The van der Waals surface area contributed by atoms with Crippen LogP contribution in [-0.2, 0) is 0 Å². The minimum atomic E-state index is -0.228. The van der Waals surface area contributed by atoms with Gasteiger partial charge in [0.15, 0.2) is 10.8 Å². The third-order valence-electron chi connectivity index (χ3n) is 4.71. The third-order valence-corrected chi connectivity index (χ3v) is 6.18. The fourth-order valence-corrected chi connectivity index (χ4v) is 4.35. The van der Waals surface area contributed by atoms with Crippen LogP contribution in [0.25, 0.3) is 16.1 Å². The van der Waals surface area contributed by atoms with Crippen molar-refractivity contribution in [1.29, 1.82) is 0 Å². The molecule has 1 amide bonds. The van der Waals surface area contributed by atoms with Crippen LogP contribution >= 0.6 is 23.1 Å². The molecule has 2 aromatic heterocycles. The van der Waals surface area contributed by atoms with E-state index < -0.39 is 0 Å². The Hall–Kier alpha value is -3.67. The monoisotopic (exact) mass is 457 g/mol. The molecule has 2 aromatic carbocycles. The topological polar surface area (TPSA) is 71.3 Å². The predicted octanol–water partition coefficient (Wildman–Crippen LogP) is 6.78. The highest BCUT2D eigenvalue weighted by Crippen LogP contribution is 2.30. The lowest BCUT2D eigenvalue weighted by Gasteiger charge is -2.09. The average Bonchev–Trinajstić information content (AvgIpc) is 3.29. The molecule has 32 heavy (non-hydrogen) atoms. The molecule has 0 fully saturated rings. The van der Waals surface area contributed by atoms with Crippen molar-refractivity contribution in [1.82, 2.24) is 9.97 Å². The summed E-state index contributed by atoms with van der Waals surface area (Å²) in [5.41, 5.74) is 5.55. The molecule has 6 nitrogen and oxygen atoms in total. The molecule has 4 aromatic rings. The van der Waals surface area contributed by atoms with Gasteiger partial charge in [0.05, 0.1) is 17.8 Å². The molecule has 2 heterocycles. The van der Waals surface area contributed by atoms with Crippen molar-refractivity contribution < 1.29 is 4.79 Å². The highest BCUT2D eigenvalue weighted by Gasteiger charge is 2.14. The van der Waals surface area contributed by atoms with Crippen LogP contribution in [0.2, 0.25) is 0 Å². The zero-order valence-corrected chi connectivity index (χ0v) is 19.1. The molecule has 0 saturated carbocycles. The van der Waals surface area contributed by atoms with Gasteiger partial charge in [0, 0.05) is 28.5 Å². The first-order chi connectivity index (χ1) is 15.6. The van der Waals surface area contributed by atoms with Gasteiger partial charge in [0.1, 0.15) is 5.03 Å². The number of amides is 1. The second-order valence-electron chi connectivity index (χ2n) is 6.87. The Bertz CT molecular complexity index is 1330. The Morgan fingerprint density at radius 3 is 2.78 bits per heavy atom. The number of nitrogens with one attached hydrogen (secondary N) is 2. The molecule has 2 N–H and O–H groups in total. The molecular weight excluding hydrogens is 438 g/mol. The van der Waals surface area contributed by atoms with E-state index in [1.165, 1.54) is 23.1 Å². The molecule has 0 radical (unpaired) electrons. The summed E-state index contributed by atoms with van der Waals surface area (Å²) in [6.45, 7) is 9.21. The number of aryl methyl sites for hydroxylation is 1. The van der Waals surface area contributed by atoms with Gasteiger partial charge in [-0.3, -0.25) is 10.1 Å². The van der Waals surface area contributed by atoms with Crippen molar-refractivity contribution in [2.45, 2.75) is 11.9 Å². The predicted molar refractivity (Wildman–Crippen MR) is 132 cm³/mol. The third kappa shape index (κ3) is 4.80. The average molecular weight is 458 g/mol. The zero-order valence-electron chi connectivity index (χ0n) is 17.4. The number of anilines is 3. The van der Waals surface area contributed by atoms with Crippen LogP contribution < -0.4 is 10.6 Å². The minimum absolute atomic E-state index is 0.228. The number of hydrogen-bond donors (Lipinski definition) is 2. The fourth-order valence-electron chi connectivity index (χ4n) is 3.09. The maximum absolute atomic E-state index is 12.6. The van der Waals surface area contributed by atoms with Crippen LogP contribution in [0, 0.1) is 13.5 Å². The minimum Gasteiger partial charge on any atom is -0.357 e. The summed E-state index contributed by atoms with van der Waals surface area (Å²) < 4.78 is 0. The van der Waals surface area contributed by atoms with Crippen molar-refractivity contribution in [3.05, 3.63) is 88.7 Å². The van der Waals surface area contributed by atoms with E-state index in [1.807, 2.05) is 61.0 Å². The summed E-state index contributed by atoms with van der Waals surface area (Å²) >= 11 is 2.80. The number of rotatable bonds is 6. The normalized spacial score (nSPS) is 10.4. The summed E-state index contributed by atoms with van der Waals surface area (Å²) in [7, 11) is 0. The highest BCUT2D eigenvalue weighted by atomic mass is 32.2. The lowest BCUT2D eigenvalue weighted by atomic mass is 10.1. The van der Waals surface area contributed by atoms with Gasteiger partial charge in [-0.15, -0.1) is 23.1 Å². The lowest BCUT2D eigenvalue weighted by Crippen LogP contribution is -2.13. The standard InChI is InChI=1S/C24H19N5OS2/c1-15-9-10-18(13-20(15)25-2)27-17-7-4-6-16(12-17)21-14-32-24(28-21)29-22(30)19-8-5-11-26-23(19)31-3/h4-14,27H,1,3H3,(H,28,29,30). The smallest absolute Gasteiger partial charge is 0.260 e. The second kappa shape index (κ2) is 9.64. The molecular formula is C24H19N5OS2. The van der Waals surface area contributed by atoms with E-state index in [9.17, 15) is 4.79 Å². The summed E-state index contributed by atoms with van der Waals surface area (Å²) in [5, 5.41) is 9.33. The number of aromatic nitrogens is 2. The number of pyridine rings is 1. The maximum atomic E-state index is 12.6.